The summed E-state index contributed by atoms with van der Waals surface area (Å²) in [7, 11) is 2.92. The third-order valence-electron chi connectivity index (χ3n) is 7.61. The lowest BCUT2D eigenvalue weighted by molar-refractivity contribution is -0.143. The average molecular weight is 605 g/mol. The third-order valence-corrected chi connectivity index (χ3v) is 7.84. The first kappa shape index (κ1) is 31.2. The molecule has 0 radical (unpaired) electrons. The van der Waals surface area contributed by atoms with Gasteiger partial charge in [-0.25, -0.2) is 0 Å². The molecule has 1 N–H and O–H groups in total. The van der Waals surface area contributed by atoms with Crippen molar-refractivity contribution in [1.29, 1.82) is 0 Å². The molecule has 0 bridgehead atoms. The first-order valence-corrected chi connectivity index (χ1v) is 14.0. The van der Waals surface area contributed by atoms with Crippen LogP contribution in [0.5, 0.6) is 11.5 Å². The van der Waals surface area contributed by atoms with Gasteiger partial charge in [0.05, 0.1) is 25.8 Å². The maximum Gasteiger partial charge on any atom is 0.387 e. The number of aromatic nitrogens is 2. The Labute approximate surface area is 248 Å². The molecule has 1 fully saturated rings. The van der Waals surface area contributed by atoms with Crippen LogP contribution in [0.1, 0.15) is 49.8 Å². The van der Waals surface area contributed by atoms with Gasteiger partial charge >= 0.3 is 12.6 Å². The molecule has 2 heterocycles. The van der Waals surface area contributed by atoms with E-state index in [-0.39, 0.29) is 28.3 Å². The van der Waals surface area contributed by atoms with Crippen LogP contribution in [0, 0.1) is 0 Å². The average Bonchev–Trinajstić information content (AvgIpc) is 3.48. The second kappa shape index (κ2) is 13.5. The number of alkyl halides is 2. The molecule has 1 aliphatic heterocycles. The van der Waals surface area contributed by atoms with Crippen molar-refractivity contribution in [3.05, 3.63) is 71.0 Å². The molecule has 0 spiro atoms. The lowest BCUT2D eigenvalue weighted by atomic mass is 9.84. The molecule has 3 aromatic rings. The number of likely N-dealkylation sites (tertiary alicyclic amines) is 1. The van der Waals surface area contributed by atoms with E-state index in [1.807, 2.05) is 38.1 Å². The van der Waals surface area contributed by atoms with Crippen molar-refractivity contribution in [1.82, 2.24) is 14.7 Å². The highest BCUT2D eigenvalue weighted by Gasteiger charge is 2.46. The third kappa shape index (κ3) is 6.84. The molecular formula is C30H35ClF2N4O5. The Morgan fingerprint density at radius 2 is 1.83 bits per heavy atom. The van der Waals surface area contributed by atoms with Crippen molar-refractivity contribution < 1.29 is 32.6 Å². The van der Waals surface area contributed by atoms with E-state index < -0.39 is 24.0 Å². The minimum absolute atomic E-state index is 0.0697. The van der Waals surface area contributed by atoms with Crippen LogP contribution in [0.15, 0.2) is 54.7 Å². The molecule has 0 aliphatic carbocycles. The predicted octanol–water partition coefficient (Wildman–Crippen LogP) is 5.66. The number of rotatable bonds is 11. The number of carbonyl (C=O) groups excluding carboxylic acids is 2. The Balaban J connectivity index is 1.62. The number of nitrogens with zero attached hydrogens (tertiary/aromatic N) is 3. The first-order valence-electron chi connectivity index (χ1n) is 13.6. The summed E-state index contributed by atoms with van der Waals surface area (Å²) in [4.78, 5) is 29.0. The second-order valence-corrected chi connectivity index (χ2v) is 10.9. The smallest absolute Gasteiger partial charge is 0.387 e. The van der Waals surface area contributed by atoms with E-state index >= 15 is 0 Å². The SMILES string of the molecule is COC(=O)C(CN1CCC(C(=O)Nc2ccc(Cl)cc2OC(F)F)(n2nccc2C(C)C)CC1)c1cccc(OC)c1. The van der Waals surface area contributed by atoms with E-state index in [1.54, 1.807) is 24.1 Å². The van der Waals surface area contributed by atoms with Gasteiger partial charge in [0.1, 0.15) is 11.3 Å². The Morgan fingerprint density at radius 3 is 2.48 bits per heavy atom. The van der Waals surface area contributed by atoms with Crippen LogP contribution in [-0.4, -0.2) is 67.0 Å². The minimum Gasteiger partial charge on any atom is -0.497 e. The quantitative estimate of drug-likeness (QED) is 0.282. The second-order valence-electron chi connectivity index (χ2n) is 10.5. The van der Waals surface area contributed by atoms with E-state index in [4.69, 9.17) is 21.1 Å². The maximum atomic E-state index is 14.1. The molecule has 12 heteroatoms. The number of esters is 1. The van der Waals surface area contributed by atoms with Crippen LogP contribution >= 0.6 is 11.6 Å². The Bertz CT molecular complexity index is 1390. The lowest BCUT2D eigenvalue weighted by Crippen LogP contribution is -2.54. The van der Waals surface area contributed by atoms with Gasteiger partial charge in [0.2, 0.25) is 0 Å². The maximum absolute atomic E-state index is 14.1. The molecule has 226 valence electrons. The van der Waals surface area contributed by atoms with Gasteiger partial charge in [-0.15, -0.1) is 0 Å². The number of nitrogens with one attached hydrogen (secondary N) is 1. The molecule has 1 saturated heterocycles. The van der Waals surface area contributed by atoms with Crippen LogP contribution in [0.25, 0.3) is 0 Å². The molecule has 0 saturated carbocycles. The van der Waals surface area contributed by atoms with Crippen LogP contribution in [0.4, 0.5) is 14.5 Å². The number of halogens is 3. The standard InChI is InChI=1S/C30H35ClF2N4O5/c1-19(2)25-10-13-34-37(25)30(28(39)35-24-9-8-21(31)17-26(24)42-29(32)33)11-14-36(15-12-30)18-23(27(38)41-4)20-6-5-7-22(16-20)40-3/h5-10,13,16-17,19,23,29H,11-12,14-15,18H2,1-4H3,(H,35,39). The summed E-state index contributed by atoms with van der Waals surface area (Å²) in [5, 5.41) is 7.55. The molecule has 1 atom stereocenters. The van der Waals surface area contributed by atoms with Gasteiger partial charge in [-0.1, -0.05) is 37.6 Å². The summed E-state index contributed by atoms with van der Waals surface area (Å²) in [6.45, 7) is 2.22. The Hall–Kier alpha value is -3.70. The largest absolute Gasteiger partial charge is 0.497 e. The Morgan fingerprint density at radius 1 is 1.10 bits per heavy atom. The summed E-state index contributed by atoms with van der Waals surface area (Å²) >= 11 is 6.00. The normalized spacial score (nSPS) is 15.8. The van der Waals surface area contributed by atoms with Gasteiger partial charge in [-0.2, -0.15) is 13.9 Å². The molecule has 2 aromatic carbocycles. The number of methoxy groups -OCH3 is 2. The number of benzene rings is 2. The fourth-order valence-electron chi connectivity index (χ4n) is 5.36. The number of amides is 1. The minimum atomic E-state index is -3.10. The van der Waals surface area contributed by atoms with Crippen molar-refractivity contribution in [2.45, 2.75) is 50.7 Å². The van der Waals surface area contributed by atoms with E-state index in [0.717, 1.165) is 11.3 Å². The van der Waals surface area contributed by atoms with Gasteiger partial charge in [0.25, 0.3) is 5.91 Å². The van der Waals surface area contributed by atoms with Crippen LogP contribution in [0.2, 0.25) is 5.02 Å². The highest BCUT2D eigenvalue weighted by atomic mass is 35.5. The summed E-state index contributed by atoms with van der Waals surface area (Å²) in [5.41, 5.74) is 0.577. The molecular weight excluding hydrogens is 570 g/mol. The number of carbonyl (C=O) groups is 2. The van der Waals surface area contributed by atoms with Crippen LogP contribution < -0.4 is 14.8 Å². The van der Waals surface area contributed by atoms with Crippen molar-refractivity contribution in [3.8, 4) is 11.5 Å². The van der Waals surface area contributed by atoms with E-state index in [9.17, 15) is 18.4 Å². The van der Waals surface area contributed by atoms with Crippen LogP contribution in [-0.2, 0) is 19.9 Å². The Kier molecular flexibility index (Phi) is 10.1. The van der Waals surface area contributed by atoms with Crippen molar-refractivity contribution in [2.75, 3.05) is 39.2 Å². The highest BCUT2D eigenvalue weighted by molar-refractivity contribution is 6.30. The molecule has 9 nitrogen and oxygen atoms in total. The van der Waals surface area contributed by atoms with Gasteiger partial charge < -0.3 is 24.4 Å². The summed E-state index contributed by atoms with van der Waals surface area (Å²) in [6.07, 6.45) is 2.36. The van der Waals surface area contributed by atoms with Gasteiger partial charge in [0, 0.05) is 42.6 Å². The van der Waals surface area contributed by atoms with E-state index in [0.29, 0.717) is 38.2 Å². The molecule has 1 amide bonds. The molecule has 1 aliphatic rings. The lowest BCUT2D eigenvalue weighted by Gasteiger charge is -2.42. The number of hydrogen-bond acceptors (Lipinski definition) is 7. The monoisotopic (exact) mass is 604 g/mol. The van der Waals surface area contributed by atoms with Crippen LogP contribution in [0.3, 0.4) is 0 Å². The van der Waals surface area contributed by atoms with Gasteiger partial charge in [-0.3, -0.25) is 14.3 Å². The number of ether oxygens (including phenoxy) is 3. The molecule has 4 rings (SSSR count). The summed E-state index contributed by atoms with van der Waals surface area (Å²) in [6, 6.07) is 13.3. The van der Waals surface area contributed by atoms with E-state index in [2.05, 4.69) is 20.1 Å². The van der Waals surface area contributed by atoms with Crippen molar-refractivity contribution in [3.63, 3.8) is 0 Å². The summed E-state index contributed by atoms with van der Waals surface area (Å²) < 4.78 is 43.1. The van der Waals surface area contributed by atoms with Crippen molar-refractivity contribution >= 4 is 29.2 Å². The topological polar surface area (TPSA) is 94.9 Å². The predicted molar refractivity (Wildman–Crippen MR) is 154 cm³/mol. The number of anilines is 1. The van der Waals surface area contributed by atoms with Gasteiger partial charge in [-0.05, 0) is 54.7 Å². The fourth-order valence-corrected chi connectivity index (χ4v) is 5.52. The first-order chi connectivity index (χ1) is 20.1. The number of piperidine rings is 1. The zero-order valence-electron chi connectivity index (χ0n) is 24.0. The zero-order chi connectivity index (χ0) is 30.4. The summed E-state index contributed by atoms with van der Waals surface area (Å²) in [5.74, 6) is -0.881. The molecule has 1 unspecified atom stereocenters. The molecule has 42 heavy (non-hydrogen) atoms. The molecule has 1 aromatic heterocycles. The zero-order valence-corrected chi connectivity index (χ0v) is 24.7. The van der Waals surface area contributed by atoms with E-state index in [1.165, 1.54) is 25.3 Å². The fraction of sp³-hybridized carbons (Fsp3) is 0.433. The van der Waals surface area contributed by atoms with Crippen molar-refractivity contribution in [2.24, 2.45) is 0 Å². The number of hydrogen-bond donors (Lipinski definition) is 1. The highest BCUT2D eigenvalue weighted by Crippen LogP contribution is 2.37. The van der Waals surface area contributed by atoms with Gasteiger partial charge in [0.15, 0.2) is 5.75 Å².